The Morgan fingerprint density at radius 3 is 1.17 bits per heavy atom. The van der Waals surface area contributed by atoms with E-state index in [2.05, 4.69) is 16.7 Å². The van der Waals surface area contributed by atoms with E-state index in [0.29, 0.717) is 57.6 Å². The molecular weight excluding hydrogens is 865 g/mol. The normalized spacial score (nSPS) is 20.0. The number of benzene rings is 4. The van der Waals surface area contributed by atoms with Crippen LogP contribution < -0.4 is 11.5 Å². The number of piperidine rings is 2. The molecular formula is C44H60N8O10S2. The van der Waals surface area contributed by atoms with Gasteiger partial charge in [0.15, 0.2) is 0 Å². The summed E-state index contributed by atoms with van der Waals surface area (Å²) >= 11 is 0. The predicted molar refractivity (Wildman–Crippen MR) is 245 cm³/mol. The monoisotopic (exact) mass is 924 g/mol. The molecule has 4 heterocycles. The van der Waals surface area contributed by atoms with Crippen LogP contribution in [-0.2, 0) is 29.5 Å². The molecule has 4 aromatic carbocycles. The maximum absolute atomic E-state index is 13.3. The van der Waals surface area contributed by atoms with Crippen molar-refractivity contribution in [1.29, 1.82) is 0 Å². The molecule has 2 spiro atoms. The van der Waals surface area contributed by atoms with Crippen molar-refractivity contribution in [3.63, 3.8) is 0 Å². The molecule has 348 valence electrons. The lowest BCUT2D eigenvalue weighted by molar-refractivity contribution is -0.385. The molecule has 0 aliphatic carbocycles. The Bertz CT molecular complexity index is 2440. The van der Waals surface area contributed by atoms with Gasteiger partial charge in [0, 0.05) is 113 Å². The average Bonchev–Trinajstić information content (AvgIpc) is 3.89. The van der Waals surface area contributed by atoms with Crippen molar-refractivity contribution >= 4 is 42.8 Å². The Morgan fingerprint density at radius 1 is 0.531 bits per heavy atom. The van der Waals surface area contributed by atoms with E-state index in [4.69, 9.17) is 20.9 Å². The van der Waals surface area contributed by atoms with Crippen LogP contribution >= 0.6 is 0 Å². The van der Waals surface area contributed by atoms with Gasteiger partial charge in [-0.25, -0.2) is 16.8 Å². The first kappa shape index (κ1) is 49.9. The van der Waals surface area contributed by atoms with Gasteiger partial charge in [-0.1, -0.05) is 39.1 Å². The molecule has 2 unspecified atom stereocenters. The second kappa shape index (κ2) is 20.0. The molecule has 8 rings (SSSR count). The Hall–Kier alpha value is -5.06. The van der Waals surface area contributed by atoms with E-state index in [-0.39, 0.29) is 61.3 Å². The van der Waals surface area contributed by atoms with E-state index in [1.807, 2.05) is 31.2 Å². The highest BCUT2D eigenvalue weighted by molar-refractivity contribution is 7.89. The number of sulfonamides is 2. The molecule has 4 aliphatic heterocycles. The van der Waals surface area contributed by atoms with Crippen molar-refractivity contribution in [2.45, 2.75) is 87.7 Å². The van der Waals surface area contributed by atoms with E-state index in [1.54, 1.807) is 40.7 Å². The number of rotatable bonds is 10. The minimum absolute atomic E-state index is 0. The number of ether oxygens (including phenoxy) is 2. The molecule has 18 nitrogen and oxygen atoms in total. The lowest BCUT2D eigenvalue weighted by atomic mass is 9.97. The Labute approximate surface area is 376 Å². The zero-order valence-corrected chi connectivity index (χ0v) is 36.2. The van der Waals surface area contributed by atoms with Crippen LogP contribution in [-0.4, -0.2) is 109 Å². The minimum Gasteiger partial charge on any atom is -0.399 e. The van der Waals surface area contributed by atoms with Crippen LogP contribution in [0.4, 0.5) is 22.7 Å². The molecule has 4 fully saturated rings. The summed E-state index contributed by atoms with van der Waals surface area (Å²) in [6.07, 6.45) is 2.22. The van der Waals surface area contributed by atoms with Gasteiger partial charge < -0.3 is 20.9 Å². The largest absolute Gasteiger partial charge is 0.399 e. The van der Waals surface area contributed by atoms with Crippen molar-refractivity contribution in [3.8, 4) is 0 Å². The smallest absolute Gasteiger partial charge is 0.269 e. The summed E-state index contributed by atoms with van der Waals surface area (Å²) in [6.45, 7) is 8.18. The summed E-state index contributed by atoms with van der Waals surface area (Å²) in [7, 11) is -7.53. The summed E-state index contributed by atoms with van der Waals surface area (Å²) in [4.78, 5) is 25.6. The highest BCUT2D eigenvalue weighted by Gasteiger charge is 2.52. The van der Waals surface area contributed by atoms with Crippen molar-refractivity contribution in [1.82, 2.24) is 18.4 Å². The van der Waals surface area contributed by atoms with Crippen molar-refractivity contribution in [3.05, 3.63) is 128 Å². The number of hydrogen-bond acceptors (Lipinski definition) is 14. The summed E-state index contributed by atoms with van der Waals surface area (Å²) in [6, 6.07) is 25.9. The minimum atomic E-state index is -3.89. The second-order valence-corrected chi connectivity index (χ2v) is 19.7. The summed E-state index contributed by atoms with van der Waals surface area (Å²) < 4.78 is 68.1. The Kier molecular flexibility index (Phi) is 15.6. The number of nitrogen functional groups attached to an aromatic ring is 2. The van der Waals surface area contributed by atoms with E-state index in [9.17, 15) is 37.1 Å². The van der Waals surface area contributed by atoms with Crippen LogP contribution in [0.3, 0.4) is 0 Å². The third kappa shape index (κ3) is 10.1. The molecule has 0 saturated carbocycles. The molecule has 0 amide bonds. The maximum Gasteiger partial charge on any atom is 0.269 e. The van der Waals surface area contributed by atoms with E-state index >= 15 is 0 Å². The van der Waals surface area contributed by atoms with Gasteiger partial charge in [-0.2, -0.15) is 8.61 Å². The number of nitro groups is 2. The number of hydrogen-bond donors (Lipinski definition) is 2. The number of nitrogens with zero attached hydrogens (tertiary/aromatic N) is 6. The highest BCUT2D eigenvalue weighted by Crippen LogP contribution is 2.42. The second-order valence-electron chi connectivity index (χ2n) is 16.0. The molecule has 4 N–H and O–H groups in total. The van der Waals surface area contributed by atoms with Gasteiger partial charge in [0.2, 0.25) is 20.0 Å². The van der Waals surface area contributed by atoms with Crippen LogP contribution in [0.2, 0.25) is 0 Å². The fourth-order valence-electron chi connectivity index (χ4n) is 8.88. The first-order chi connectivity index (χ1) is 29.5. The summed E-state index contributed by atoms with van der Waals surface area (Å²) in [5, 5.41) is 21.8. The van der Waals surface area contributed by atoms with E-state index in [1.165, 1.54) is 46.3 Å². The molecule has 4 aromatic rings. The third-order valence-electron chi connectivity index (χ3n) is 12.6. The van der Waals surface area contributed by atoms with Gasteiger partial charge in [0.25, 0.3) is 11.4 Å². The third-order valence-corrected chi connectivity index (χ3v) is 16.5. The molecule has 4 aliphatic rings. The van der Waals surface area contributed by atoms with Gasteiger partial charge in [0.1, 0.15) is 11.4 Å². The molecule has 0 bridgehead atoms. The van der Waals surface area contributed by atoms with Crippen molar-refractivity contribution < 1.29 is 36.2 Å². The quantitative estimate of drug-likeness (QED) is 0.0948. The number of non-ortho nitro benzene ring substituents is 2. The van der Waals surface area contributed by atoms with Crippen LogP contribution in [0.25, 0.3) is 0 Å². The fraction of sp³-hybridized carbons (Fsp3) is 0.455. The van der Waals surface area contributed by atoms with Crippen molar-refractivity contribution in [2.75, 3.05) is 63.9 Å². The topological polar surface area (TPSA) is 238 Å². The van der Waals surface area contributed by atoms with Crippen LogP contribution in [0.15, 0.2) is 107 Å². The van der Waals surface area contributed by atoms with Crippen LogP contribution in [0.5, 0.6) is 0 Å². The fourth-order valence-corrected chi connectivity index (χ4v) is 12.3. The lowest BCUT2D eigenvalue weighted by Crippen LogP contribution is -2.55. The number of likely N-dealkylation sites (tertiary alicyclic amines) is 2. The first-order valence-electron chi connectivity index (χ1n) is 20.5. The zero-order valence-electron chi connectivity index (χ0n) is 34.6. The Morgan fingerprint density at radius 2 is 0.828 bits per heavy atom. The number of nitrogens with two attached hydrogens (primary N) is 2. The average molecular weight is 925 g/mol. The lowest BCUT2D eigenvalue weighted by Gasteiger charge is -2.44. The van der Waals surface area contributed by atoms with E-state index in [0.717, 1.165) is 24.3 Å². The maximum atomic E-state index is 13.3. The molecule has 64 heavy (non-hydrogen) atoms. The standard InChI is InChI=1S/C21H24N4O7S.C21H28N4O3S.2CH4/c1-16(17-2-4-18(5-3-17)24(26)27)22-12-10-21(11-13-22)23(14-15-32-21)33(30,31)20-8-6-19(7-9-20)25(28)29;1-16(17-2-4-18(22)5-3-17)24-12-10-21(11-13-24)25(14-15-28-21)29(26,27)20-8-6-19(23)7-9-20;;/h2-9,16H,10-15H2,1H3;2-9,16H,10-15,22-23H2,1H3;2*1H4. The van der Waals surface area contributed by atoms with Gasteiger partial charge in [0.05, 0.1) is 32.9 Å². The molecule has 0 aromatic heterocycles. The predicted octanol–water partition coefficient (Wildman–Crippen LogP) is 6.77. The van der Waals surface area contributed by atoms with Gasteiger partial charge >= 0.3 is 0 Å². The molecule has 0 radical (unpaired) electrons. The molecule has 4 saturated heterocycles. The van der Waals surface area contributed by atoms with E-state index < -0.39 is 41.3 Å². The van der Waals surface area contributed by atoms with Gasteiger partial charge in [-0.05, 0) is 73.5 Å². The molecule has 2 atom stereocenters. The summed E-state index contributed by atoms with van der Waals surface area (Å²) in [5.41, 5.74) is 13.1. The highest BCUT2D eigenvalue weighted by atomic mass is 32.2. The van der Waals surface area contributed by atoms with Crippen LogP contribution in [0.1, 0.15) is 77.6 Å². The summed E-state index contributed by atoms with van der Waals surface area (Å²) in [5.74, 6) is 0. The zero-order chi connectivity index (χ0) is 44.5. The first-order valence-corrected chi connectivity index (χ1v) is 23.4. The SMILES string of the molecule is C.C.CC(c1ccc(N)cc1)N1CCC2(CC1)OCCN2S(=O)(=O)c1ccc(N)cc1.CC(c1ccc([N+](=O)[O-])cc1)N1CCC2(CC1)OCCN2S(=O)(=O)c1ccc([N+](=O)[O-])cc1. The number of nitro benzene ring substituents is 2. The van der Waals surface area contributed by atoms with Gasteiger partial charge in [-0.15, -0.1) is 0 Å². The number of anilines is 2. The van der Waals surface area contributed by atoms with Crippen molar-refractivity contribution in [2.24, 2.45) is 0 Å². The Balaban J connectivity index is 0.000000235. The van der Waals surface area contributed by atoms with Gasteiger partial charge in [-0.3, -0.25) is 30.0 Å². The van der Waals surface area contributed by atoms with Crippen LogP contribution in [0, 0.1) is 20.2 Å². The molecule has 20 heteroatoms.